The zero-order chi connectivity index (χ0) is 18.5. The summed E-state index contributed by atoms with van der Waals surface area (Å²) < 4.78 is 1.01. The van der Waals surface area contributed by atoms with Crippen LogP contribution in [-0.2, 0) is 0 Å². The van der Waals surface area contributed by atoms with Gasteiger partial charge in [0.1, 0.15) is 0 Å². The van der Waals surface area contributed by atoms with E-state index in [0.717, 1.165) is 21.3 Å². The van der Waals surface area contributed by atoms with Crippen LogP contribution in [0, 0.1) is 0 Å². The van der Waals surface area contributed by atoms with Crippen LogP contribution in [0.1, 0.15) is 29.7 Å². The molecule has 134 valence electrons. The fourth-order valence-corrected chi connectivity index (χ4v) is 3.38. The minimum Gasteiger partial charge on any atom is -0.388 e. The van der Waals surface area contributed by atoms with E-state index < -0.39 is 6.10 Å². The van der Waals surface area contributed by atoms with E-state index in [1.807, 2.05) is 60.7 Å². The number of aliphatic hydroxyl groups excluding tert-OH is 1. The van der Waals surface area contributed by atoms with Gasteiger partial charge in [-0.2, -0.15) is 0 Å². The van der Waals surface area contributed by atoms with Crippen molar-refractivity contribution in [1.82, 2.24) is 0 Å². The Morgan fingerprint density at radius 3 is 2.15 bits per heavy atom. The first-order chi connectivity index (χ1) is 12.5. The largest absolute Gasteiger partial charge is 0.388 e. The summed E-state index contributed by atoms with van der Waals surface area (Å²) in [5, 5.41) is 15.5. The lowest BCUT2D eigenvalue weighted by molar-refractivity contribution is 0.160. The van der Waals surface area contributed by atoms with Gasteiger partial charge in [-0.05, 0) is 53.6 Å². The summed E-state index contributed by atoms with van der Waals surface area (Å²) in [7, 11) is 0. The van der Waals surface area contributed by atoms with E-state index in [2.05, 4.69) is 21.2 Å². The molecule has 0 aliphatic carbocycles. The summed E-state index contributed by atoms with van der Waals surface area (Å²) in [5.41, 5.74) is 2.83. The molecule has 0 radical (unpaired) electrons. The molecule has 0 fully saturated rings. The molecule has 3 aromatic rings. The standard InChI is InChI=1S/C21H18BrCl2NO/c22-16-8-4-14(5-9-16)20(25-19-3-1-2-18(24)12-19)13-21(26)15-6-10-17(23)11-7-15/h1-12,20-21,25-26H,13H2. The number of hydrogen-bond donors (Lipinski definition) is 2. The third-order valence-corrected chi connectivity index (χ3v) is 5.17. The monoisotopic (exact) mass is 449 g/mol. The second-order valence-corrected chi connectivity index (χ2v) is 7.85. The van der Waals surface area contributed by atoms with Crippen molar-refractivity contribution in [2.75, 3.05) is 5.32 Å². The van der Waals surface area contributed by atoms with Crippen molar-refractivity contribution in [3.8, 4) is 0 Å². The first kappa shape index (κ1) is 19.2. The smallest absolute Gasteiger partial charge is 0.0813 e. The summed E-state index contributed by atoms with van der Waals surface area (Å²) in [6, 6.07) is 22.9. The topological polar surface area (TPSA) is 32.3 Å². The Morgan fingerprint density at radius 1 is 0.846 bits per heavy atom. The SMILES string of the molecule is OC(CC(Nc1cccc(Cl)c1)c1ccc(Br)cc1)c1ccc(Cl)cc1. The number of nitrogens with one attached hydrogen (secondary N) is 1. The number of rotatable bonds is 6. The first-order valence-electron chi connectivity index (χ1n) is 8.22. The third-order valence-electron chi connectivity index (χ3n) is 4.15. The highest BCUT2D eigenvalue weighted by molar-refractivity contribution is 9.10. The Hall–Kier alpha value is -1.52. The van der Waals surface area contributed by atoms with Crippen molar-refractivity contribution in [2.45, 2.75) is 18.6 Å². The van der Waals surface area contributed by atoms with Crippen LogP contribution in [0.3, 0.4) is 0 Å². The first-order valence-corrected chi connectivity index (χ1v) is 9.77. The minimum absolute atomic E-state index is 0.0766. The normalized spacial score (nSPS) is 13.2. The minimum atomic E-state index is -0.618. The van der Waals surface area contributed by atoms with Crippen molar-refractivity contribution in [1.29, 1.82) is 0 Å². The number of benzene rings is 3. The molecule has 26 heavy (non-hydrogen) atoms. The summed E-state index contributed by atoms with van der Waals surface area (Å²) in [6.45, 7) is 0. The molecule has 0 saturated carbocycles. The molecule has 0 saturated heterocycles. The molecule has 0 heterocycles. The predicted octanol–water partition coefficient (Wildman–Crippen LogP) is 7.03. The summed E-state index contributed by atoms with van der Waals surface area (Å²) in [5.74, 6) is 0. The van der Waals surface area contributed by atoms with E-state index in [1.165, 1.54) is 0 Å². The molecule has 2 nitrogen and oxygen atoms in total. The molecule has 0 amide bonds. The number of anilines is 1. The lowest BCUT2D eigenvalue weighted by Crippen LogP contribution is -2.15. The Morgan fingerprint density at radius 2 is 1.50 bits per heavy atom. The Bertz CT molecular complexity index is 853. The average molecular weight is 451 g/mol. The van der Waals surface area contributed by atoms with E-state index >= 15 is 0 Å². The van der Waals surface area contributed by atoms with Gasteiger partial charge in [-0.25, -0.2) is 0 Å². The van der Waals surface area contributed by atoms with E-state index in [1.54, 1.807) is 12.1 Å². The molecule has 0 aliphatic rings. The van der Waals surface area contributed by atoms with E-state index in [4.69, 9.17) is 23.2 Å². The van der Waals surface area contributed by atoms with E-state index in [-0.39, 0.29) is 6.04 Å². The fourth-order valence-electron chi connectivity index (χ4n) is 2.80. The zero-order valence-electron chi connectivity index (χ0n) is 13.9. The Balaban J connectivity index is 1.84. The van der Waals surface area contributed by atoms with Gasteiger partial charge in [0.15, 0.2) is 0 Å². The molecule has 0 aromatic heterocycles. The predicted molar refractivity (Wildman–Crippen MR) is 113 cm³/mol. The Kier molecular flexibility index (Phi) is 6.60. The van der Waals surface area contributed by atoms with Gasteiger partial charge < -0.3 is 10.4 Å². The van der Waals surface area contributed by atoms with Crippen molar-refractivity contribution >= 4 is 44.8 Å². The van der Waals surface area contributed by atoms with Crippen LogP contribution in [0.25, 0.3) is 0 Å². The highest BCUT2D eigenvalue weighted by Crippen LogP contribution is 2.31. The second kappa shape index (κ2) is 8.92. The van der Waals surface area contributed by atoms with Crippen molar-refractivity contribution in [3.63, 3.8) is 0 Å². The van der Waals surface area contributed by atoms with Crippen LogP contribution < -0.4 is 5.32 Å². The maximum atomic E-state index is 10.7. The van der Waals surface area contributed by atoms with Crippen LogP contribution in [0.15, 0.2) is 77.3 Å². The quantitative estimate of drug-likeness (QED) is 0.422. The fraction of sp³-hybridized carbons (Fsp3) is 0.143. The zero-order valence-corrected chi connectivity index (χ0v) is 17.0. The molecule has 0 spiro atoms. The average Bonchev–Trinajstić information content (AvgIpc) is 2.62. The van der Waals surface area contributed by atoms with Gasteiger partial charge >= 0.3 is 0 Å². The van der Waals surface area contributed by atoms with Crippen LogP contribution in [0.4, 0.5) is 5.69 Å². The second-order valence-electron chi connectivity index (χ2n) is 6.06. The molecular weight excluding hydrogens is 433 g/mol. The van der Waals surface area contributed by atoms with Gasteiger partial charge in [-0.3, -0.25) is 0 Å². The lowest BCUT2D eigenvalue weighted by atomic mass is 9.96. The molecule has 3 rings (SSSR count). The van der Waals surface area contributed by atoms with Crippen LogP contribution in [-0.4, -0.2) is 5.11 Å². The van der Waals surface area contributed by atoms with Crippen molar-refractivity contribution in [2.24, 2.45) is 0 Å². The summed E-state index contributed by atoms with van der Waals surface area (Å²) in [4.78, 5) is 0. The van der Waals surface area contributed by atoms with Gasteiger partial charge in [0, 0.05) is 26.6 Å². The van der Waals surface area contributed by atoms with Gasteiger partial charge in [0.2, 0.25) is 0 Å². The maximum absolute atomic E-state index is 10.7. The Labute approximate surface area is 171 Å². The maximum Gasteiger partial charge on any atom is 0.0813 e. The molecule has 5 heteroatoms. The van der Waals surface area contributed by atoms with Crippen LogP contribution in [0.2, 0.25) is 10.0 Å². The summed E-state index contributed by atoms with van der Waals surface area (Å²) in [6.07, 6.45) is -0.108. The molecule has 0 bridgehead atoms. The van der Waals surface area contributed by atoms with Gasteiger partial charge in [0.05, 0.1) is 12.1 Å². The third kappa shape index (κ3) is 5.24. The molecule has 0 aliphatic heterocycles. The number of halogens is 3. The van der Waals surface area contributed by atoms with E-state index in [0.29, 0.717) is 16.5 Å². The van der Waals surface area contributed by atoms with Crippen molar-refractivity contribution in [3.05, 3.63) is 98.4 Å². The van der Waals surface area contributed by atoms with Gasteiger partial charge in [0.25, 0.3) is 0 Å². The number of aliphatic hydroxyl groups is 1. The highest BCUT2D eigenvalue weighted by Gasteiger charge is 2.18. The number of hydrogen-bond acceptors (Lipinski definition) is 2. The molecule has 3 aromatic carbocycles. The highest BCUT2D eigenvalue weighted by atomic mass is 79.9. The van der Waals surface area contributed by atoms with Gasteiger partial charge in [-0.1, -0.05) is 69.5 Å². The summed E-state index contributed by atoms with van der Waals surface area (Å²) >= 11 is 15.5. The van der Waals surface area contributed by atoms with E-state index in [9.17, 15) is 5.11 Å². The molecule has 2 atom stereocenters. The molecule has 2 N–H and O–H groups in total. The lowest BCUT2D eigenvalue weighted by Gasteiger charge is -2.24. The van der Waals surface area contributed by atoms with Crippen LogP contribution >= 0.6 is 39.1 Å². The van der Waals surface area contributed by atoms with Crippen molar-refractivity contribution < 1.29 is 5.11 Å². The molecule has 2 unspecified atom stereocenters. The molecular formula is C21H18BrCl2NO. The van der Waals surface area contributed by atoms with Crippen LogP contribution in [0.5, 0.6) is 0 Å². The van der Waals surface area contributed by atoms with Gasteiger partial charge in [-0.15, -0.1) is 0 Å².